The average molecular weight is 358 g/mol. The van der Waals surface area contributed by atoms with Crippen LogP contribution in [0.15, 0.2) is 18.2 Å². The minimum atomic E-state index is 0.410. The molecule has 0 aromatic heterocycles. The second kappa shape index (κ2) is 7.88. The second-order valence-corrected chi connectivity index (χ2v) is 9.84. The summed E-state index contributed by atoms with van der Waals surface area (Å²) in [5.74, 6) is 1.55. The summed E-state index contributed by atoms with van der Waals surface area (Å²) in [4.78, 5) is 0. The van der Waals surface area contributed by atoms with Gasteiger partial charge in [0.25, 0.3) is 0 Å². The van der Waals surface area contributed by atoms with Crippen LogP contribution in [0, 0.1) is 17.3 Å². The van der Waals surface area contributed by atoms with Crippen LogP contribution >= 0.6 is 11.8 Å². The monoisotopic (exact) mass is 357 g/mol. The number of fused-ring (bicyclic) bond motifs is 2. The van der Waals surface area contributed by atoms with Gasteiger partial charge in [0, 0.05) is 11.8 Å². The van der Waals surface area contributed by atoms with Gasteiger partial charge in [0.15, 0.2) is 0 Å². The van der Waals surface area contributed by atoms with Crippen molar-refractivity contribution in [1.82, 2.24) is 5.32 Å². The van der Waals surface area contributed by atoms with Gasteiger partial charge in [0.1, 0.15) is 0 Å². The third-order valence-electron chi connectivity index (χ3n) is 6.73. The fraction of sp³-hybridized carbons (Fsp3) is 0.652. The van der Waals surface area contributed by atoms with Gasteiger partial charge >= 0.3 is 0 Å². The van der Waals surface area contributed by atoms with Crippen LogP contribution in [-0.4, -0.2) is 24.6 Å². The fourth-order valence-corrected chi connectivity index (χ4v) is 5.43. The van der Waals surface area contributed by atoms with Gasteiger partial charge < -0.3 is 5.32 Å². The smallest absolute Gasteiger partial charge is 0.0220 e. The highest BCUT2D eigenvalue weighted by molar-refractivity contribution is 7.99. The Labute approximate surface area is 159 Å². The summed E-state index contributed by atoms with van der Waals surface area (Å²) < 4.78 is 0. The number of hydrogen-bond acceptors (Lipinski definition) is 2. The van der Waals surface area contributed by atoms with Crippen LogP contribution in [0.2, 0.25) is 0 Å². The molecule has 1 aromatic carbocycles. The zero-order valence-electron chi connectivity index (χ0n) is 16.7. The first-order valence-electron chi connectivity index (χ1n) is 9.99. The number of thioether (sulfide) groups is 1. The number of nitrogens with one attached hydrogen (secondary N) is 1. The minimum Gasteiger partial charge on any atom is -0.315 e. The van der Waals surface area contributed by atoms with E-state index in [4.69, 9.17) is 0 Å². The van der Waals surface area contributed by atoms with E-state index < -0.39 is 0 Å². The summed E-state index contributed by atoms with van der Waals surface area (Å²) in [6.45, 7) is 11.8. The van der Waals surface area contributed by atoms with E-state index in [2.05, 4.69) is 63.6 Å². The zero-order valence-corrected chi connectivity index (χ0v) is 17.5. The standard InChI is InChI=1S/C23H35NS/c1-6-23(3,4)22(25-5)15-24-14-16(2)19-12-20-10-17-8-7-9-18(17)11-21(20)13-19/h7-8,10-11,16,19,22,24H,6,9,12-15H2,1-5H3. The predicted octanol–water partition coefficient (Wildman–Crippen LogP) is 5.36. The number of hydrogen-bond donors (Lipinski definition) is 1. The average Bonchev–Trinajstić information content (AvgIpc) is 3.21. The molecule has 0 saturated heterocycles. The van der Waals surface area contributed by atoms with Crippen LogP contribution in [0.5, 0.6) is 0 Å². The third kappa shape index (κ3) is 4.17. The Kier molecular flexibility index (Phi) is 6.00. The van der Waals surface area contributed by atoms with Crippen LogP contribution in [0.1, 0.15) is 56.4 Å². The highest BCUT2D eigenvalue weighted by atomic mass is 32.2. The fourth-order valence-electron chi connectivity index (χ4n) is 4.34. The van der Waals surface area contributed by atoms with Gasteiger partial charge in [-0.05, 0) is 78.0 Å². The Hall–Kier alpha value is -0.730. The molecule has 0 aliphatic heterocycles. The van der Waals surface area contributed by atoms with Gasteiger partial charge in [-0.3, -0.25) is 0 Å². The van der Waals surface area contributed by atoms with E-state index in [1.54, 1.807) is 11.1 Å². The Balaban J connectivity index is 1.51. The van der Waals surface area contributed by atoms with Gasteiger partial charge in [0.2, 0.25) is 0 Å². The lowest BCUT2D eigenvalue weighted by molar-refractivity contribution is 0.309. The molecule has 1 N–H and O–H groups in total. The summed E-state index contributed by atoms with van der Waals surface area (Å²) in [5, 5.41) is 4.49. The second-order valence-electron chi connectivity index (χ2n) is 8.80. The van der Waals surface area contributed by atoms with E-state index >= 15 is 0 Å². The molecule has 3 rings (SSSR count). The van der Waals surface area contributed by atoms with Crippen LogP contribution in [-0.2, 0) is 19.3 Å². The lowest BCUT2D eigenvalue weighted by atomic mass is 9.85. The molecule has 2 heteroatoms. The minimum absolute atomic E-state index is 0.410. The summed E-state index contributed by atoms with van der Waals surface area (Å²) in [7, 11) is 0. The van der Waals surface area contributed by atoms with Gasteiger partial charge in [-0.25, -0.2) is 0 Å². The molecule has 0 fully saturated rings. The molecule has 0 heterocycles. The van der Waals surface area contributed by atoms with Crippen molar-refractivity contribution in [3.05, 3.63) is 40.5 Å². The molecule has 25 heavy (non-hydrogen) atoms. The van der Waals surface area contributed by atoms with Gasteiger partial charge in [0.05, 0.1) is 0 Å². The summed E-state index contributed by atoms with van der Waals surface area (Å²) in [5.41, 5.74) is 6.64. The normalized spacial score (nSPS) is 21.2. The molecule has 0 bridgehead atoms. The Morgan fingerprint density at radius 1 is 1.16 bits per heavy atom. The lowest BCUT2D eigenvalue weighted by Crippen LogP contribution is -2.38. The molecular formula is C23H35NS. The molecule has 2 aliphatic rings. The molecule has 3 atom stereocenters. The Morgan fingerprint density at radius 3 is 2.56 bits per heavy atom. The highest BCUT2D eigenvalue weighted by Gasteiger charge is 2.29. The van der Waals surface area contributed by atoms with Crippen LogP contribution < -0.4 is 5.32 Å². The molecule has 1 nitrogen and oxygen atoms in total. The van der Waals surface area contributed by atoms with Crippen LogP contribution in [0.4, 0.5) is 0 Å². The van der Waals surface area contributed by atoms with Gasteiger partial charge in [-0.1, -0.05) is 52.0 Å². The maximum Gasteiger partial charge on any atom is 0.0220 e. The maximum atomic E-state index is 3.79. The van der Waals surface area contributed by atoms with Crippen LogP contribution in [0.25, 0.3) is 6.08 Å². The molecular weight excluding hydrogens is 322 g/mol. The molecule has 0 spiro atoms. The topological polar surface area (TPSA) is 12.0 Å². The van der Waals surface area contributed by atoms with Gasteiger partial charge in [-0.15, -0.1) is 0 Å². The summed E-state index contributed by atoms with van der Waals surface area (Å²) in [6.07, 6.45) is 11.8. The molecule has 138 valence electrons. The zero-order chi connectivity index (χ0) is 18.0. The first kappa shape index (κ1) is 19.0. The number of allylic oxidation sites excluding steroid dienone is 1. The first-order chi connectivity index (χ1) is 11.9. The quantitative estimate of drug-likeness (QED) is 0.672. The first-order valence-corrected chi connectivity index (χ1v) is 11.3. The molecule has 0 radical (unpaired) electrons. The molecule has 0 amide bonds. The van der Waals surface area contributed by atoms with Crippen molar-refractivity contribution < 1.29 is 0 Å². The van der Waals surface area contributed by atoms with E-state index in [0.29, 0.717) is 10.7 Å². The van der Waals surface area contributed by atoms with E-state index in [-0.39, 0.29) is 0 Å². The summed E-state index contributed by atoms with van der Waals surface area (Å²) >= 11 is 2.02. The highest BCUT2D eigenvalue weighted by Crippen LogP contribution is 2.35. The van der Waals surface area contributed by atoms with Crippen molar-refractivity contribution in [3.63, 3.8) is 0 Å². The van der Waals surface area contributed by atoms with Crippen molar-refractivity contribution in [3.8, 4) is 0 Å². The van der Waals surface area contributed by atoms with E-state index in [1.807, 2.05) is 11.8 Å². The maximum absolute atomic E-state index is 3.79. The Morgan fingerprint density at radius 2 is 1.88 bits per heavy atom. The molecule has 1 aromatic rings. The summed E-state index contributed by atoms with van der Waals surface area (Å²) in [6, 6.07) is 4.94. The van der Waals surface area contributed by atoms with Crippen molar-refractivity contribution in [2.75, 3.05) is 19.3 Å². The number of benzene rings is 1. The molecule has 3 unspecified atom stereocenters. The molecule has 0 saturated carbocycles. The van der Waals surface area contributed by atoms with Crippen molar-refractivity contribution >= 4 is 17.8 Å². The van der Waals surface area contributed by atoms with Crippen LogP contribution in [0.3, 0.4) is 0 Å². The van der Waals surface area contributed by atoms with E-state index in [0.717, 1.165) is 31.3 Å². The van der Waals surface area contributed by atoms with Gasteiger partial charge in [-0.2, -0.15) is 11.8 Å². The predicted molar refractivity (Wildman–Crippen MR) is 113 cm³/mol. The third-order valence-corrected chi connectivity index (χ3v) is 8.10. The van der Waals surface area contributed by atoms with Crippen molar-refractivity contribution in [2.45, 2.75) is 58.6 Å². The van der Waals surface area contributed by atoms with Crippen molar-refractivity contribution in [1.29, 1.82) is 0 Å². The van der Waals surface area contributed by atoms with Crippen molar-refractivity contribution in [2.24, 2.45) is 17.3 Å². The largest absolute Gasteiger partial charge is 0.315 e. The number of rotatable bonds is 8. The molecule has 2 aliphatic carbocycles. The van der Waals surface area contributed by atoms with E-state index in [9.17, 15) is 0 Å². The lowest BCUT2D eigenvalue weighted by Gasteiger charge is -2.33. The Bertz CT molecular complexity index is 631. The SMILES string of the molecule is CCC(C)(C)C(CNCC(C)C1Cc2cc3c(cc2C1)CC=C3)SC. The van der Waals surface area contributed by atoms with E-state index in [1.165, 1.54) is 30.4 Å².